The molecule has 3 rings (SSSR count). The predicted octanol–water partition coefficient (Wildman–Crippen LogP) is 0.989. The molecule has 2 aromatic rings. The van der Waals surface area contributed by atoms with Gasteiger partial charge in [-0.05, 0) is 24.3 Å². The number of nitrogens with one attached hydrogen (secondary N) is 2. The summed E-state index contributed by atoms with van der Waals surface area (Å²) in [6, 6.07) is 9.51. The molecule has 1 aliphatic heterocycles. The highest BCUT2D eigenvalue weighted by Crippen LogP contribution is 2.31. The fraction of sp³-hybridized carbons (Fsp3) is 0.235. The highest BCUT2D eigenvalue weighted by Gasteiger charge is 2.29. The maximum Gasteiger partial charge on any atom is 0.351 e. The Morgan fingerprint density at radius 3 is 2.69 bits per heavy atom. The van der Waals surface area contributed by atoms with Crippen LogP contribution in [-0.2, 0) is 20.9 Å². The van der Waals surface area contributed by atoms with Crippen molar-refractivity contribution < 1.29 is 33.0 Å². The molecule has 2 heterocycles. The van der Waals surface area contributed by atoms with Crippen LogP contribution >= 0.6 is 0 Å². The van der Waals surface area contributed by atoms with Gasteiger partial charge in [0.1, 0.15) is 12.4 Å². The van der Waals surface area contributed by atoms with E-state index in [1.54, 1.807) is 36.4 Å². The van der Waals surface area contributed by atoms with Crippen LogP contribution in [0.1, 0.15) is 5.76 Å². The molecule has 1 aromatic carbocycles. The first-order valence-electron chi connectivity index (χ1n) is 7.77. The standard InChI is InChI=1S/C17H16N2O7/c20-15(19-17(22)18-8-11-4-3-7-23-11)10-25-16(21)14-9-24-12-5-1-2-6-13(12)26-14/h1-7,14H,8-10H2,(H2,18,19,20,22)/t14-/m1/s1. The predicted molar refractivity (Wildman–Crippen MR) is 86.4 cm³/mol. The maximum absolute atomic E-state index is 12.0. The quantitative estimate of drug-likeness (QED) is 0.764. The van der Waals surface area contributed by atoms with Crippen molar-refractivity contribution in [3.05, 3.63) is 48.4 Å². The first-order chi connectivity index (χ1) is 12.6. The summed E-state index contributed by atoms with van der Waals surface area (Å²) in [5.74, 6) is -0.0446. The van der Waals surface area contributed by atoms with Crippen LogP contribution in [0, 0.1) is 0 Å². The van der Waals surface area contributed by atoms with Gasteiger partial charge in [0, 0.05) is 0 Å². The van der Waals surface area contributed by atoms with E-state index in [0.717, 1.165) is 0 Å². The molecule has 3 amide bonds. The van der Waals surface area contributed by atoms with Gasteiger partial charge in [0.2, 0.25) is 6.10 Å². The van der Waals surface area contributed by atoms with E-state index < -0.39 is 30.6 Å². The summed E-state index contributed by atoms with van der Waals surface area (Å²) >= 11 is 0. The number of urea groups is 1. The third-order valence-corrected chi connectivity index (χ3v) is 3.37. The van der Waals surface area contributed by atoms with Crippen LogP contribution in [0.25, 0.3) is 0 Å². The molecule has 1 aromatic heterocycles. The Morgan fingerprint density at radius 2 is 1.92 bits per heavy atom. The van der Waals surface area contributed by atoms with Crippen LogP contribution < -0.4 is 20.1 Å². The highest BCUT2D eigenvalue weighted by molar-refractivity contribution is 5.95. The van der Waals surface area contributed by atoms with E-state index >= 15 is 0 Å². The fourth-order valence-electron chi connectivity index (χ4n) is 2.15. The molecule has 0 saturated carbocycles. The topological polar surface area (TPSA) is 116 Å². The average Bonchev–Trinajstić information content (AvgIpc) is 3.17. The van der Waals surface area contributed by atoms with E-state index in [-0.39, 0.29) is 13.2 Å². The van der Waals surface area contributed by atoms with E-state index in [0.29, 0.717) is 17.3 Å². The number of hydrogen-bond acceptors (Lipinski definition) is 7. The van der Waals surface area contributed by atoms with Crippen molar-refractivity contribution in [2.45, 2.75) is 12.6 Å². The Hall–Kier alpha value is -3.49. The molecule has 136 valence electrons. The molecule has 0 radical (unpaired) electrons. The molecule has 9 nitrogen and oxygen atoms in total. The number of imide groups is 1. The molecular weight excluding hydrogens is 344 g/mol. The summed E-state index contributed by atoms with van der Waals surface area (Å²) in [4.78, 5) is 35.2. The van der Waals surface area contributed by atoms with Gasteiger partial charge in [-0.2, -0.15) is 0 Å². The SMILES string of the molecule is O=C(COC(=O)[C@H]1COc2ccccc2O1)NC(=O)NCc1ccco1. The van der Waals surface area contributed by atoms with E-state index in [1.165, 1.54) is 6.26 Å². The second-order valence-corrected chi connectivity index (χ2v) is 5.28. The van der Waals surface area contributed by atoms with Gasteiger partial charge in [-0.15, -0.1) is 0 Å². The highest BCUT2D eigenvalue weighted by atomic mass is 16.6. The smallest absolute Gasteiger partial charge is 0.351 e. The van der Waals surface area contributed by atoms with Crippen LogP contribution in [0.15, 0.2) is 47.1 Å². The number of esters is 1. The van der Waals surface area contributed by atoms with Gasteiger partial charge in [0.05, 0.1) is 12.8 Å². The molecule has 1 aliphatic rings. The summed E-state index contributed by atoms with van der Waals surface area (Å²) in [6.45, 7) is -0.520. The second-order valence-electron chi connectivity index (χ2n) is 5.28. The molecular formula is C17H16N2O7. The van der Waals surface area contributed by atoms with Crippen molar-refractivity contribution in [1.29, 1.82) is 0 Å². The minimum Gasteiger partial charge on any atom is -0.485 e. The van der Waals surface area contributed by atoms with Crippen molar-refractivity contribution in [2.24, 2.45) is 0 Å². The molecule has 9 heteroatoms. The Morgan fingerprint density at radius 1 is 1.12 bits per heavy atom. The van der Waals surface area contributed by atoms with Crippen molar-refractivity contribution >= 4 is 17.9 Å². The monoisotopic (exact) mass is 360 g/mol. The molecule has 0 spiro atoms. The van der Waals surface area contributed by atoms with Crippen LogP contribution in [0.2, 0.25) is 0 Å². The maximum atomic E-state index is 12.0. The van der Waals surface area contributed by atoms with Gasteiger partial charge in [-0.3, -0.25) is 10.1 Å². The Kier molecular flexibility index (Phi) is 5.37. The summed E-state index contributed by atoms with van der Waals surface area (Å²) in [6.07, 6.45) is 0.486. The molecule has 0 aliphatic carbocycles. The largest absolute Gasteiger partial charge is 0.485 e. The Labute approximate surface area is 148 Å². The number of carbonyl (C=O) groups is 3. The average molecular weight is 360 g/mol. The number of carbonyl (C=O) groups excluding carboxylic acids is 3. The van der Waals surface area contributed by atoms with Crippen LogP contribution in [0.4, 0.5) is 4.79 Å². The molecule has 0 bridgehead atoms. The summed E-state index contributed by atoms with van der Waals surface area (Å²) in [5, 5.41) is 4.46. The van der Waals surface area contributed by atoms with E-state index in [1.807, 2.05) is 5.32 Å². The molecule has 1 atom stereocenters. The first-order valence-corrected chi connectivity index (χ1v) is 7.77. The van der Waals surface area contributed by atoms with Gasteiger partial charge in [-0.1, -0.05) is 12.1 Å². The number of hydrogen-bond donors (Lipinski definition) is 2. The lowest BCUT2D eigenvalue weighted by Gasteiger charge is -2.24. The lowest BCUT2D eigenvalue weighted by molar-refractivity contribution is -0.157. The second kappa shape index (κ2) is 8.06. The molecule has 2 N–H and O–H groups in total. The Balaban J connectivity index is 1.39. The third kappa shape index (κ3) is 4.53. The first kappa shape index (κ1) is 17.3. The summed E-state index contributed by atoms with van der Waals surface area (Å²) in [5.41, 5.74) is 0. The zero-order valence-corrected chi connectivity index (χ0v) is 13.6. The van der Waals surface area contributed by atoms with Crippen molar-refractivity contribution in [3.63, 3.8) is 0 Å². The minimum absolute atomic E-state index is 0.0267. The van der Waals surface area contributed by atoms with Gasteiger partial charge in [0.25, 0.3) is 5.91 Å². The summed E-state index contributed by atoms with van der Waals surface area (Å²) < 4.78 is 20.8. The number of benzene rings is 1. The van der Waals surface area contributed by atoms with Crippen molar-refractivity contribution in [1.82, 2.24) is 10.6 Å². The van der Waals surface area contributed by atoms with E-state index in [4.69, 9.17) is 18.6 Å². The number of rotatable bonds is 5. The van der Waals surface area contributed by atoms with Gasteiger partial charge in [-0.25, -0.2) is 9.59 Å². The molecule has 0 unspecified atom stereocenters. The zero-order valence-electron chi connectivity index (χ0n) is 13.6. The minimum atomic E-state index is -0.981. The number of ether oxygens (including phenoxy) is 3. The molecule has 0 fully saturated rings. The van der Waals surface area contributed by atoms with E-state index in [2.05, 4.69) is 5.32 Å². The van der Waals surface area contributed by atoms with Crippen LogP contribution in [0.5, 0.6) is 11.5 Å². The number of furan rings is 1. The van der Waals surface area contributed by atoms with Gasteiger partial charge >= 0.3 is 12.0 Å². The number of fused-ring (bicyclic) bond motifs is 1. The number of para-hydroxylation sites is 2. The molecule has 0 saturated heterocycles. The Bertz CT molecular complexity index is 788. The van der Waals surface area contributed by atoms with Crippen molar-refractivity contribution in [3.8, 4) is 11.5 Å². The third-order valence-electron chi connectivity index (χ3n) is 3.37. The van der Waals surface area contributed by atoms with Crippen molar-refractivity contribution in [2.75, 3.05) is 13.2 Å². The van der Waals surface area contributed by atoms with Gasteiger partial charge < -0.3 is 23.9 Å². The summed E-state index contributed by atoms with van der Waals surface area (Å²) in [7, 11) is 0. The lowest BCUT2D eigenvalue weighted by atomic mass is 10.2. The number of amides is 3. The van der Waals surface area contributed by atoms with Crippen LogP contribution in [0.3, 0.4) is 0 Å². The normalized spacial score (nSPS) is 15.0. The molecule has 26 heavy (non-hydrogen) atoms. The van der Waals surface area contributed by atoms with Crippen LogP contribution in [-0.4, -0.2) is 37.2 Å². The lowest BCUT2D eigenvalue weighted by Crippen LogP contribution is -2.43. The zero-order chi connectivity index (χ0) is 18.4. The van der Waals surface area contributed by atoms with Gasteiger partial charge in [0.15, 0.2) is 18.1 Å². The fourth-order valence-corrected chi connectivity index (χ4v) is 2.15. The van der Waals surface area contributed by atoms with E-state index in [9.17, 15) is 14.4 Å².